The Morgan fingerprint density at radius 3 is 1.08 bits per heavy atom. The minimum absolute atomic E-state index is 0.169. The second-order valence-corrected chi connectivity index (χ2v) is 16.1. The van der Waals surface area contributed by atoms with Crippen LogP contribution in [0.25, 0.3) is 11.1 Å². The lowest BCUT2D eigenvalue weighted by Crippen LogP contribution is -2.31. The highest BCUT2D eigenvalue weighted by molar-refractivity contribution is 5.95. The molecule has 2 aliphatic heterocycles. The summed E-state index contributed by atoms with van der Waals surface area (Å²) in [5.41, 5.74) is 20.6. The Morgan fingerprint density at radius 1 is 0.347 bits per heavy atom. The molecule has 0 saturated heterocycles. The summed E-state index contributed by atoms with van der Waals surface area (Å²) >= 11 is 0. The van der Waals surface area contributed by atoms with E-state index in [1.165, 1.54) is 89.8 Å². The number of aryl methyl sites for hydroxylation is 2. The molecule has 0 radical (unpaired) electrons. The quantitative estimate of drug-likeness (QED) is 0.187. The van der Waals surface area contributed by atoms with Crippen molar-refractivity contribution in [3.8, 4) is 11.1 Å². The van der Waals surface area contributed by atoms with Crippen molar-refractivity contribution in [3.05, 3.63) is 166 Å². The van der Waals surface area contributed by atoms with Crippen LogP contribution in [0.1, 0.15) is 86.1 Å². The highest BCUT2D eigenvalue weighted by Gasteiger charge is 2.45. The first-order valence-corrected chi connectivity index (χ1v) is 17.7. The van der Waals surface area contributed by atoms with E-state index >= 15 is 0 Å². The first-order valence-electron chi connectivity index (χ1n) is 17.7. The van der Waals surface area contributed by atoms with Gasteiger partial charge in [0.05, 0.1) is 22.7 Å². The van der Waals surface area contributed by atoms with Gasteiger partial charge in [-0.05, 0) is 119 Å². The fourth-order valence-electron chi connectivity index (χ4n) is 9.12. The minimum atomic E-state index is -0.186. The molecular weight excluding hydrogens is 593 g/mol. The summed E-state index contributed by atoms with van der Waals surface area (Å²) in [5, 5.41) is 0. The summed E-state index contributed by atoms with van der Waals surface area (Å²) in [4.78, 5) is 5.00. The molecular formula is C47H44N2. The zero-order valence-corrected chi connectivity index (χ0v) is 29.9. The first-order chi connectivity index (χ1) is 23.4. The molecule has 0 fully saturated rings. The van der Waals surface area contributed by atoms with Gasteiger partial charge in [-0.15, -0.1) is 0 Å². The van der Waals surface area contributed by atoms with Gasteiger partial charge in [-0.3, -0.25) is 0 Å². The molecule has 3 aliphatic rings. The predicted octanol–water partition coefficient (Wildman–Crippen LogP) is 12.8. The Balaban J connectivity index is 1.32. The highest BCUT2D eigenvalue weighted by Crippen LogP contribution is 2.60. The molecule has 0 aromatic heterocycles. The van der Waals surface area contributed by atoms with E-state index in [9.17, 15) is 0 Å². The molecule has 242 valence electrons. The zero-order valence-electron chi connectivity index (χ0n) is 29.9. The van der Waals surface area contributed by atoms with Gasteiger partial charge in [0.1, 0.15) is 0 Å². The van der Waals surface area contributed by atoms with Gasteiger partial charge in [0.15, 0.2) is 0 Å². The number of fused-ring (bicyclic) bond motifs is 7. The van der Waals surface area contributed by atoms with Gasteiger partial charge in [-0.2, -0.15) is 0 Å². The third kappa shape index (κ3) is 4.07. The standard InChI is InChI=1S/C47H44N2/c1-29-19-21-41-37(23-29)46(5,6)39-25-33-34-26-40-44(28-36(34)45(3,4)35(33)27-43(39)48(41)31-15-11-9-12-16-31)49(32-17-13-10-14-18-32)42-22-20-30(2)24-38(42)47(40,7)8/h9-28H,1-8H3. The molecule has 2 heteroatoms. The van der Waals surface area contributed by atoms with E-state index in [1.54, 1.807) is 0 Å². The molecule has 0 N–H and O–H groups in total. The van der Waals surface area contributed by atoms with Crippen LogP contribution in [-0.2, 0) is 16.2 Å². The summed E-state index contributed by atoms with van der Waals surface area (Å²) in [6.45, 7) is 18.9. The summed E-state index contributed by atoms with van der Waals surface area (Å²) in [6, 6.07) is 45.9. The molecule has 49 heavy (non-hydrogen) atoms. The van der Waals surface area contributed by atoms with Gasteiger partial charge in [-0.1, -0.05) is 113 Å². The van der Waals surface area contributed by atoms with Crippen molar-refractivity contribution in [3.63, 3.8) is 0 Å². The van der Waals surface area contributed by atoms with Gasteiger partial charge in [0.25, 0.3) is 0 Å². The van der Waals surface area contributed by atoms with E-state index in [1.807, 2.05) is 0 Å². The van der Waals surface area contributed by atoms with Crippen LogP contribution >= 0.6 is 0 Å². The van der Waals surface area contributed by atoms with Crippen LogP contribution in [0.3, 0.4) is 0 Å². The largest absolute Gasteiger partial charge is 0.310 e. The fourth-order valence-corrected chi connectivity index (χ4v) is 9.12. The molecule has 0 spiro atoms. The number of para-hydroxylation sites is 2. The fraction of sp³-hybridized carbons (Fsp3) is 0.234. The number of rotatable bonds is 2. The maximum atomic E-state index is 2.55. The summed E-state index contributed by atoms with van der Waals surface area (Å²) < 4.78 is 0. The molecule has 2 nitrogen and oxygen atoms in total. The van der Waals surface area contributed by atoms with Crippen LogP contribution in [0.15, 0.2) is 121 Å². The third-order valence-electron chi connectivity index (χ3n) is 11.9. The molecule has 9 rings (SSSR count). The number of hydrogen-bond acceptors (Lipinski definition) is 2. The molecule has 2 heterocycles. The summed E-state index contributed by atoms with van der Waals surface area (Å²) in [5.74, 6) is 0. The molecule has 0 unspecified atom stereocenters. The Kier molecular flexibility index (Phi) is 6.11. The lowest BCUT2D eigenvalue weighted by atomic mass is 9.71. The molecule has 6 aromatic rings. The van der Waals surface area contributed by atoms with E-state index in [2.05, 4.69) is 187 Å². The maximum absolute atomic E-state index is 2.55. The van der Waals surface area contributed by atoms with Crippen LogP contribution in [0.4, 0.5) is 34.1 Å². The Bertz CT molecular complexity index is 2160. The Morgan fingerprint density at radius 2 is 0.694 bits per heavy atom. The van der Waals surface area contributed by atoms with Crippen molar-refractivity contribution in [2.24, 2.45) is 0 Å². The second kappa shape index (κ2) is 9.98. The van der Waals surface area contributed by atoms with Crippen LogP contribution in [0, 0.1) is 13.8 Å². The van der Waals surface area contributed by atoms with Crippen molar-refractivity contribution >= 4 is 34.1 Å². The van der Waals surface area contributed by atoms with E-state index in [0.717, 1.165) is 0 Å². The van der Waals surface area contributed by atoms with Gasteiger partial charge >= 0.3 is 0 Å². The molecule has 0 saturated carbocycles. The van der Waals surface area contributed by atoms with Crippen LogP contribution < -0.4 is 9.80 Å². The number of anilines is 6. The van der Waals surface area contributed by atoms with Crippen molar-refractivity contribution < 1.29 is 0 Å². The van der Waals surface area contributed by atoms with Gasteiger partial charge in [0, 0.05) is 27.6 Å². The lowest BCUT2D eigenvalue weighted by Gasteiger charge is -2.43. The smallest absolute Gasteiger partial charge is 0.0506 e. The van der Waals surface area contributed by atoms with Crippen molar-refractivity contribution in [2.75, 3.05) is 9.80 Å². The highest BCUT2D eigenvalue weighted by atomic mass is 15.2. The van der Waals surface area contributed by atoms with Crippen molar-refractivity contribution in [1.29, 1.82) is 0 Å². The van der Waals surface area contributed by atoms with E-state index in [-0.39, 0.29) is 16.2 Å². The van der Waals surface area contributed by atoms with Gasteiger partial charge < -0.3 is 9.80 Å². The van der Waals surface area contributed by atoms with E-state index in [4.69, 9.17) is 0 Å². The lowest BCUT2D eigenvalue weighted by molar-refractivity contribution is 0.624. The zero-order chi connectivity index (χ0) is 34.0. The van der Waals surface area contributed by atoms with Crippen molar-refractivity contribution in [2.45, 2.75) is 71.6 Å². The number of benzene rings is 6. The summed E-state index contributed by atoms with van der Waals surface area (Å²) in [7, 11) is 0. The molecule has 1 aliphatic carbocycles. The van der Waals surface area contributed by atoms with E-state index in [0.29, 0.717) is 0 Å². The minimum Gasteiger partial charge on any atom is -0.310 e. The molecule has 0 amide bonds. The van der Waals surface area contributed by atoms with Crippen LogP contribution in [0.2, 0.25) is 0 Å². The normalized spacial score (nSPS) is 17.0. The predicted molar refractivity (Wildman–Crippen MR) is 207 cm³/mol. The third-order valence-corrected chi connectivity index (χ3v) is 11.9. The topological polar surface area (TPSA) is 6.48 Å². The van der Waals surface area contributed by atoms with Crippen LogP contribution in [-0.4, -0.2) is 0 Å². The first kappa shape index (κ1) is 30.0. The molecule has 0 atom stereocenters. The second-order valence-electron chi connectivity index (χ2n) is 16.1. The SMILES string of the molecule is Cc1ccc2c(c1)C(C)(C)c1cc3c(cc1N2c1ccccc1)C(C)(C)c1cc2c(cc1-3)C(C)(C)c1cc(C)ccc1N2c1ccccc1. The molecule has 0 bridgehead atoms. The van der Waals surface area contributed by atoms with Crippen LogP contribution in [0.5, 0.6) is 0 Å². The maximum Gasteiger partial charge on any atom is 0.0506 e. The molecule has 6 aromatic carbocycles. The van der Waals surface area contributed by atoms with E-state index < -0.39 is 0 Å². The van der Waals surface area contributed by atoms with Crippen molar-refractivity contribution in [1.82, 2.24) is 0 Å². The Labute approximate surface area is 291 Å². The Hall–Kier alpha value is -5.08. The average Bonchev–Trinajstić information content (AvgIpc) is 3.30. The average molecular weight is 637 g/mol. The number of nitrogens with zero attached hydrogens (tertiary/aromatic N) is 2. The van der Waals surface area contributed by atoms with Gasteiger partial charge in [-0.25, -0.2) is 0 Å². The summed E-state index contributed by atoms with van der Waals surface area (Å²) in [6.07, 6.45) is 0. The number of hydrogen-bond donors (Lipinski definition) is 0. The van der Waals surface area contributed by atoms with Gasteiger partial charge in [0.2, 0.25) is 0 Å². The monoisotopic (exact) mass is 636 g/mol.